The molecule has 3 unspecified atom stereocenters. The van der Waals surface area contributed by atoms with E-state index >= 15 is 0 Å². The Morgan fingerprint density at radius 2 is 1.77 bits per heavy atom. The lowest BCUT2D eigenvalue weighted by molar-refractivity contribution is -0.184. The van der Waals surface area contributed by atoms with Gasteiger partial charge in [-0.05, 0) is 59.8 Å². The van der Waals surface area contributed by atoms with Gasteiger partial charge >= 0.3 is 0 Å². The van der Waals surface area contributed by atoms with Crippen LogP contribution in [0.25, 0.3) is 0 Å². The summed E-state index contributed by atoms with van der Waals surface area (Å²) in [6.45, 7) is 12.5. The monoisotopic (exact) mass is 327 g/mol. The molecule has 130 valence electrons. The minimum Gasteiger partial charge on any atom is -0.389 e. The van der Waals surface area contributed by atoms with E-state index in [-0.39, 0.29) is 28.4 Å². The molecule has 0 spiro atoms. The van der Waals surface area contributed by atoms with Gasteiger partial charge in [-0.2, -0.15) is 0 Å². The average Bonchev–Trinajstić information content (AvgIpc) is 2.40. The van der Waals surface area contributed by atoms with E-state index in [0.717, 1.165) is 36.1 Å². The number of ether oxygens (including phenoxy) is 1. The van der Waals surface area contributed by atoms with E-state index in [2.05, 4.69) is 39.5 Å². The number of nitrogens with zero attached hydrogens (tertiary/aromatic N) is 1. The van der Waals surface area contributed by atoms with Crippen LogP contribution in [0, 0.1) is 0 Å². The Bertz CT molecular complexity index is 369. The fourth-order valence-electron chi connectivity index (χ4n) is 4.99. The molecule has 3 atom stereocenters. The van der Waals surface area contributed by atoms with Crippen LogP contribution in [0.1, 0.15) is 79.6 Å². The van der Waals surface area contributed by atoms with Crippen LogP contribution in [-0.2, 0) is 4.74 Å². The van der Waals surface area contributed by atoms with Gasteiger partial charge in [0, 0.05) is 34.0 Å². The molecular formula is C18H37NO2Si. The number of hydrogen-bond donors (Lipinski definition) is 1. The molecule has 0 aromatic carbocycles. The summed E-state index contributed by atoms with van der Waals surface area (Å²) in [5, 5.41) is 11.0. The van der Waals surface area contributed by atoms with Crippen molar-refractivity contribution in [3.63, 3.8) is 0 Å². The highest BCUT2D eigenvalue weighted by Gasteiger charge is 2.52. The molecule has 2 heterocycles. The molecule has 3 nitrogen and oxygen atoms in total. The van der Waals surface area contributed by atoms with E-state index in [1.807, 2.05) is 0 Å². The first kappa shape index (κ1) is 18.4. The Morgan fingerprint density at radius 1 is 1.18 bits per heavy atom. The summed E-state index contributed by atoms with van der Waals surface area (Å²) in [6, 6.07) is 0.244. The van der Waals surface area contributed by atoms with Crippen LogP contribution in [-0.4, -0.2) is 55.3 Å². The third-order valence-corrected chi connectivity index (χ3v) is 7.46. The minimum absolute atomic E-state index is 0.165. The summed E-state index contributed by atoms with van der Waals surface area (Å²) in [4.78, 5) is 2.65. The lowest BCUT2D eigenvalue weighted by Gasteiger charge is -2.60. The molecule has 0 aliphatic carbocycles. The Balaban J connectivity index is 2.25. The van der Waals surface area contributed by atoms with Gasteiger partial charge in [-0.3, -0.25) is 4.90 Å². The fourth-order valence-corrected chi connectivity index (χ4v) is 5.94. The predicted octanol–water partition coefficient (Wildman–Crippen LogP) is 2.43. The first-order chi connectivity index (χ1) is 10.1. The van der Waals surface area contributed by atoms with Gasteiger partial charge in [-0.25, -0.2) is 0 Å². The maximum Gasteiger partial charge on any atom is 0.0945 e. The van der Waals surface area contributed by atoms with Crippen LogP contribution in [0.5, 0.6) is 0 Å². The van der Waals surface area contributed by atoms with Crippen LogP contribution in [0.3, 0.4) is 0 Å². The number of aliphatic hydroxyl groups excluding tert-OH is 1. The molecule has 2 saturated heterocycles. The van der Waals surface area contributed by atoms with Crippen molar-refractivity contribution in [2.45, 2.75) is 108 Å². The highest BCUT2D eigenvalue weighted by Crippen LogP contribution is 2.43. The molecular weight excluding hydrogens is 290 g/mol. The molecule has 0 amide bonds. The molecule has 0 radical (unpaired) electrons. The van der Waals surface area contributed by atoms with E-state index < -0.39 is 0 Å². The van der Waals surface area contributed by atoms with Crippen molar-refractivity contribution in [2.75, 3.05) is 6.61 Å². The van der Waals surface area contributed by atoms with E-state index in [4.69, 9.17) is 4.74 Å². The first-order valence-electron chi connectivity index (χ1n) is 9.25. The van der Waals surface area contributed by atoms with E-state index in [9.17, 15) is 5.11 Å². The van der Waals surface area contributed by atoms with E-state index in [0.29, 0.717) is 0 Å². The molecule has 2 rings (SSSR count). The van der Waals surface area contributed by atoms with Gasteiger partial charge in [0.15, 0.2) is 0 Å². The second-order valence-electron chi connectivity index (χ2n) is 8.91. The summed E-state index contributed by atoms with van der Waals surface area (Å²) < 4.78 is 6.12. The molecule has 1 N–H and O–H groups in total. The zero-order valence-electron chi connectivity index (χ0n) is 15.6. The van der Waals surface area contributed by atoms with Crippen LogP contribution < -0.4 is 0 Å². The van der Waals surface area contributed by atoms with Gasteiger partial charge in [-0.15, -0.1) is 0 Å². The lowest BCUT2D eigenvalue weighted by atomic mass is 9.76. The number of piperidine rings is 1. The summed E-state index contributed by atoms with van der Waals surface area (Å²) >= 11 is 0. The smallest absolute Gasteiger partial charge is 0.0945 e. The standard InChI is InChI=1S/C18H37NO2Si/c1-6-7-12-18(22)15(20)14(9-13-21-18)19-16(2,3)10-8-11-17(19,4)5/h14-15,20H,6-13H2,1-5,22H3. The number of rotatable bonds is 4. The predicted molar refractivity (Wildman–Crippen MR) is 96.4 cm³/mol. The zero-order chi connectivity index (χ0) is 16.6. The third kappa shape index (κ3) is 3.45. The quantitative estimate of drug-likeness (QED) is 0.805. The second-order valence-corrected chi connectivity index (χ2v) is 10.6. The number of aliphatic hydroxyl groups is 1. The second kappa shape index (κ2) is 6.54. The van der Waals surface area contributed by atoms with Crippen molar-refractivity contribution >= 4 is 10.2 Å². The van der Waals surface area contributed by atoms with E-state index in [1.54, 1.807) is 0 Å². The highest BCUT2D eigenvalue weighted by atomic mass is 28.1. The molecule has 0 aromatic heterocycles. The fraction of sp³-hybridized carbons (Fsp3) is 1.00. The summed E-state index contributed by atoms with van der Waals surface area (Å²) in [6.07, 6.45) is 7.71. The average molecular weight is 328 g/mol. The Hall–Kier alpha value is 0.0969. The minimum atomic E-state index is -0.337. The van der Waals surface area contributed by atoms with Gasteiger partial charge in [0.2, 0.25) is 0 Å². The molecule has 4 heteroatoms. The van der Waals surface area contributed by atoms with Crippen LogP contribution in [0.4, 0.5) is 0 Å². The Labute approximate surface area is 140 Å². The van der Waals surface area contributed by atoms with Gasteiger partial charge in [0.25, 0.3) is 0 Å². The Kier molecular flexibility index (Phi) is 5.48. The molecule has 0 bridgehead atoms. The maximum absolute atomic E-state index is 11.2. The number of unbranched alkanes of at least 4 members (excludes halogenated alkanes) is 1. The van der Waals surface area contributed by atoms with Crippen molar-refractivity contribution in [1.29, 1.82) is 0 Å². The van der Waals surface area contributed by atoms with Crippen LogP contribution in [0.2, 0.25) is 0 Å². The van der Waals surface area contributed by atoms with Crippen molar-refractivity contribution in [2.24, 2.45) is 0 Å². The lowest BCUT2D eigenvalue weighted by Crippen LogP contribution is -2.70. The van der Waals surface area contributed by atoms with Crippen molar-refractivity contribution in [1.82, 2.24) is 4.90 Å². The summed E-state index contributed by atoms with van der Waals surface area (Å²) in [7, 11) is 0.906. The highest BCUT2D eigenvalue weighted by molar-refractivity contribution is 6.15. The molecule has 0 aromatic rings. The normalized spacial score (nSPS) is 39.0. The van der Waals surface area contributed by atoms with Crippen molar-refractivity contribution in [3.8, 4) is 0 Å². The molecule has 2 aliphatic heterocycles. The summed E-state index contributed by atoms with van der Waals surface area (Å²) in [5.74, 6) is 0. The van der Waals surface area contributed by atoms with Crippen molar-refractivity contribution in [3.05, 3.63) is 0 Å². The number of hydrogen-bond acceptors (Lipinski definition) is 3. The van der Waals surface area contributed by atoms with E-state index in [1.165, 1.54) is 25.7 Å². The first-order valence-corrected chi connectivity index (χ1v) is 10.3. The van der Waals surface area contributed by atoms with Gasteiger partial charge in [0.05, 0.1) is 11.3 Å². The van der Waals surface area contributed by atoms with Crippen LogP contribution >= 0.6 is 0 Å². The van der Waals surface area contributed by atoms with Gasteiger partial charge in [0.1, 0.15) is 0 Å². The van der Waals surface area contributed by atoms with Crippen LogP contribution in [0.15, 0.2) is 0 Å². The SMILES string of the molecule is CCCCC1([SiH3])OCCC(N2C(C)(C)CCCC2(C)C)C1O. The molecule has 2 fully saturated rings. The largest absolute Gasteiger partial charge is 0.389 e. The topological polar surface area (TPSA) is 32.7 Å². The molecule has 2 aliphatic rings. The zero-order valence-corrected chi connectivity index (χ0v) is 17.6. The molecule has 0 saturated carbocycles. The Morgan fingerprint density at radius 3 is 2.32 bits per heavy atom. The number of likely N-dealkylation sites (tertiary alicyclic amines) is 1. The van der Waals surface area contributed by atoms with Gasteiger partial charge in [-0.1, -0.05) is 19.8 Å². The third-order valence-electron chi connectivity index (χ3n) is 6.08. The van der Waals surface area contributed by atoms with Gasteiger partial charge < -0.3 is 9.84 Å². The summed E-state index contributed by atoms with van der Waals surface area (Å²) in [5.41, 5.74) is 0.329. The van der Waals surface area contributed by atoms with Crippen molar-refractivity contribution < 1.29 is 9.84 Å². The molecule has 22 heavy (non-hydrogen) atoms. The maximum atomic E-state index is 11.2.